The van der Waals surface area contributed by atoms with E-state index in [1.807, 2.05) is 0 Å². The summed E-state index contributed by atoms with van der Waals surface area (Å²) in [6, 6.07) is 0. The molecular formula is C22H38O8. The third-order valence-electron chi connectivity index (χ3n) is 5.25. The molecule has 0 radical (unpaired) electrons. The standard InChI is InChI=1S/C22H38O8/c1-27-19(23)15-9-7-13-17(21(25)29-3)11-5-6-12-18(22(26)30-4)14-8-10-16-20(24)28-2/h17-18H,5-16H2,1-4H3. The minimum atomic E-state index is -0.245. The molecule has 0 bridgehead atoms. The van der Waals surface area contributed by atoms with E-state index in [1.54, 1.807) is 0 Å². The van der Waals surface area contributed by atoms with Gasteiger partial charge in [-0.15, -0.1) is 0 Å². The molecule has 0 rings (SSSR count). The van der Waals surface area contributed by atoms with Gasteiger partial charge in [0.15, 0.2) is 0 Å². The van der Waals surface area contributed by atoms with Crippen LogP contribution in [0, 0.1) is 11.8 Å². The van der Waals surface area contributed by atoms with Gasteiger partial charge in [0, 0.05) is 12.8 Å². The summed E-state index contributed by atoms with van der Waals surface area (Å²) in [5, 5.41) is 0. The van der Waals surface area contributed by atoms with E-state index < -0.39 is 0 Å². The van der Waals surface area contributed by atoms with Crippen molar-refractivity contribution in [3.05, 3.63) is 0 Å². The van der Waals surface area contributed by atoms with E-state index in [-0.39, 0.29) is 35.7 Å². The van der Waals surface area contributed by atoms with Gasteiger partial charge in [-0.3, -0.25) is 19.2 Å². The van der Waals surface area contributed by atoms with Crippen LogP contribution < -0.4 is 0 Å². The lowest BCUT2D eigenvalue weighted by atomic mass is 9.91. The minimum absolute atomic E-state index is 0.204. The number of unbranched alkanes of at least 4 members (excludes halogenated alkanes) is 3. The Hall–Kier alpha value is -2.12. The Labute approximate surface area is 180 Å². The van der Waals surface area contributed by atoms with Crippen molar-refractivity contribution in [2.75, 3.05) is 28.4 Å². The molecule has 2 unspecified atom stereocenters. The van der Waals surface area contributed by atoms with Crippen LogP contribution >= 0.6 is 0 Å². The van der Waals surface area contributed by atoms with Crippen molar-refractivity contribution in [1.29, 1.82) is 0 Å². The summed E-state index contributed by atoms with van der Waals surface area (Å²) in [4.78, 5) is 46.4. The van der Waals surface area contributed by atoms with Gasteiger partial charge in [-0.2, -0.15) is 0 Å². The number of methoxy groups -OCH3 is 4. The number of hydrogen-bond acceptors (Lipinski definition) is 8. The van der Waals surface area contributed by atoms with Gasteiger partial charge in [-0.25, -0.2) is 0 Å². The molecule has 2 atom stereocenters. The number of rotatable bonds is 17. The zero-order valence-corrected chi connectivity index (χ0v) is 18.9. The van der Waals surface area contributed by atoms with E-state index in [9.17, 15) is 19.2 Å². The average Bonchev–Trinajstić information content (AvgIpc) is 2.77. The van der Waals surface area contributed by atoms with Gasteiger partial charge in [-0.1, -0.05) is 25.7 Å². The van der Waals surface area contributed by atoms with Crippen LogP contribution in [0.4, 0.5) is 0 Å². The summed E-state index contributed by atoms with van der Waals surface area (Å²) in [7, 11) is 5.48. The zero-order valence-electron chi connectivity index (χ0n) is 18.9. The molecule has 0 amide bonds. The molecule has 0 aliphatic rings. The summed E-state index contributed by atoms with van der Waals surface area (Å²) in [6.07, 6.45) is 7.84. The van der Waals surface area contributed by atoms with Crippen LogP contribution in [0.1, 0.15) is 77.0 Å². The van der Waals surface area contributed by atoms with Crippen molar-refractivity contribution < 1.29 is 38.1 Å². The normalized spacial score (nSPS) is 12.5. The van der Waals surface area contributed by atoms with Gasteiger partial charge in [0.05, 0.1) is 40.3 Å². The molecule has 0 heterocycles. The number of carbonyl (C=O) groups is 4. The molecule has 0 aliphatic heterocycles. The molecular weight excluding hydrogens is 392 g/mol. The summed E-state index contributed by atoms with van der Waals surface area (Å²) in [5.74, 6) is -1.37. The number of esters is 4. The smallest absolute Gasteiger partial charge is 0.308 e. The number of carbonyl (C=O) groups excluding carboxylic acids is 4. The quantitative estimate of drug-likeness (QED) is 0.196. The first kappa shape index (κ1) is 27.9. The molecule has 0 N–H and O–H groups in total. The van der Waals surface area contributed by atoms with Crippen molar-refractivity contribution >= 4 is 23.9 Å². The lowest BCUT2D eigenvalue weighted by molar-refractivity contribution is -0.147. The van der Waals surface area contributed by atoms with Crippen LogP contribution in [0.3, 0.4) is 0 Å². The second-order valence-corrected chi connectivity index (χ2v) is 7.37. The van der Waals surface area contributed by atoms with Crippen LogP contribution in [0.2, 0.25) is 0 Å². The van der Waals surface area contributed by atoms with Crippen molar-refractivity contribution in [1.82, 2.24) is 0 Å². The molecule has 174 valence electrons. The molecule has 0 saturated heterocycles. The summed E-state index contributed by atoms with van der Waals surface area (Å²) in [6.45, 7) is 0. The highest BCUT2D eigenvalue weighted by atomic mass is 16.5. The topological polar surface area (TPSA) is 105 Å². The minimum Gasteiger partial charge on any atom is -0.469 e. The predicted molar refractivity (Wildman–Crippen MR) is 110 cm³/mol. The monoisotopic (exact) mass is 430 g/mol. The highest BCUT2D eigenvalue weighted by Gasteiger charge is 2.21. The summed E-state index contributed by atoms with van der Waals surface area (Å²) >= 11 is 0. The molecule has 0 aromatic heterocycles. The highest BCUT2D eigenvalue weighted by molar-refractivity contribution is 5.72. The Morgan fingerprint density at radius 2 is 0.800 bits per heavy atom. The molecule has 0 spiro atoms. The van der Waals surface area contributed by atoms with E-state index in [2.05, 4.69) is 9.47 Å². The van der Waals surface area contributed by atoms with Crippen LogP contribution in [0.25, 0.3) is 0 Å². The van der Waals surface area contributed by atoms with Crippen LogP contribution in [-0.2, 0) is 38.1 Å². The van der Waals surface area contributed by atoms with Crippen LogP contribution in [-0.4, -0.2) is 52.3 Å². The summed E-state index contributed by atoms with van der Waals surface area (Å²) < 4.78 is 19.0. The fourth-order valence-electron chi connectivity index (χ4n) is 3.40. The zero-order chi connectivity index (χ0) is 22.8. The Morgan fingerprint density at radius 3 is 1.07 bits per heavy atom. The molecule has 0 fully saturated rings. The number of ether oxygens (including phenoxy) is 4. The van der Waals surface area contributed by atoms with E-state index in [0.29, 0.717) is 51.4 Å². The van der Waals surface area contributed by atoms with Gasteiger partial charge in [0.2, 0.25) is 0 Å². The Kier molecular flexibility index (Phi) is 16.5. The number of hydrogen-bond donors (Lipinski definition) is 0. The van der Waals surface area contributed by atoms with Crippen molar-refractivity contribution in [3.8, 4) is 0 Å². The second kappa shape index (κ2) is 17.7. The first-order chi connectivity index (χ1) is 14.4. The fraction of sp³-hybridized carbons (Fsp3) is 0.818. The maximum absolute atomic E-state index is 12.0. The Morgan fingerprint density at radius 1 is 0.500 bits per heavy atom. The van der Waals surface area contributed by atoms with Gasteiger partial charge < -0.3 is 18.9 Å². The van der Waals surface area contributed by atoms with E-state index >= 15 is 0 Å². The largest absolute Gasteiger partial charge is 0.469 e. The van der Waals surface area contributed by atoms with Crippen molar-refractivity contribution in [2.45, 2.75) is 77.0 Å². The van der Waals surface area contributed by atoms with E-state index in [0.717, 1.165) is 25.7 Å². The van der Waals surface area contributed by atoms with Crippen molar-refractivity contribution in [3.63, 3.8) is 0 Å². The van der Waals surface area contributed by atoms with Gasteiger partial charge in [0.1, 0.15) is 0 Å². The molecule has 0 aromatic carbocycles. The Bertz CT molecular complexity index is 471. The SMILES string of the molecule is COC(=O)CCCCC(CCCCC(CCCCC(=O)OC)C(=O)OC)C(=O)OC. The lowest BCUT2D eigenvalue weighted by Gasteiger charge is -2.16. The molecule has 30 heavy (non-hydrogen) atoms. The average molecular weight is 431 g/mol. The first-order valence-corrected chi connectivity index (χ1v) is 10.7. The lowest BCUT2D eigenvalue weighted by Crippen LogP contribution is -2.18. The molecule has 0 aromatic rings. The second-order valence-electron chi connectivity index (χ2n) is 7.37. The highest BCUT2D eigenvalue weighted by Crippen LogP contribution is 2.23. The maximum Gasteiger partial charge on any atom is 0.308 e. The van der Waals surface area contributed by atoms with E-state index in [1.165, 1.54) is 28.4 Å². The van der Waals surface area contributed by atoms with E-state index in [4.69, 9.17) is 9.47 Å². The maximum atomic E-state index is 12.0. The summed E-state index contributed by atoms with van der Waals surface area (Å²) in [5.41, 5.74) is 0. The first-order valence-electron chi connectivity index (χ1n) is 10.7. The molecule has 8 nitrogen and oxygen atoms in total. The third kappa shape index (κ3) is 13.2. The Balaban J connectivity index is 4.32. The molecule has 8 heteroatoms. The molecule has 0 aliphatic carbocycles. The van der Waals surface area contributed by atoms with Gasteiger partial charge in [0.25, 0.3) is 0 Å². The third-order valence-corrected chi connectivity index (χ3v) is 5.25. The fourth-order valence-corrected chi connectivity index (χ4v) is 3.40. The van der Waals surface area contributed by atoms with Gasteiger partial charge >= 0.3 is 23.9 Å². The van der Waals surface area contributed by atoms with Crippen molar-refractivity contribution in [2.24, 2.45) is 11.8 Å². The van der Waals surface area contributed by atoms with Gasteiger partial charge in [-0.05, 0) is 38.5 Å². The molecule has 0 saturated carbocycles. The predicted octanol–water partition coefficient (Wildman–Crippen LogP) is 3.59. The van der Waals surface area contributed by atoms with Crippen LogP contribution in [0.5, 0.6) is 0 Å². The van der Waals surface area contributed by atoms with Crippen LogP contribution in [0.15, 0.2) is 0 Å².